The first-order valence-electron chi connectivity index (χ1n) is 8.27. The van der Waals surface area contributed by atoms with Gasteiger partial charge < -0.3 is 14.2 Å². The Hall–Kier alpha value is -2.32. The van der Waals surface area contributed by atoms with Crippen LogP contribution in [0.5, 0.6) is 11.5 Å². The third kappa shape index (κ3) is 4.33. The van der Waals surface area contributed by atoms with Gasteiger partial charge >= 0.3 is 5.97 Å². The predicted octanol–water partition coefficient (Wildman–Crippen LogP) is 4.00. The van der Waals surface area contributed by atoms with E-state index in [1.165, 1.54) is 11.8 Å². The third-order valence-electron chi connectivity index (χ3n) is 3.86. The van der Waals surface area contributed by atoms with Crippen molar-refractivity contribution in [2.75, 3.05) is 19.0 Å². The lowest BCUT2D eigenvalue weighted by Gasteiger charge is -2.19. The Kier molecular flexibility index (Phi) is 5.45. The van der Waals surface area contributed by atoms with E-state index in [1.807, 2.05) is 36.4 Å². The Bertz CT molecular complexity index is 999. The normalized spacial score (nSPS) is 12.8. The standard InChI is InChI=1S/C19H15BrN2O4S/c20-13-8-17-16(24-5-6-25-17)7-12(13)10-26-19(23)11-27-18-9-21-14-3-1-2-4-15(14)22-18/h1-4,7-9H,5-6,10-11H2. The molecular weight excluding hydrogens is 432 g/mol. The molecule has 0 radical (unpaired) electrons. The van der Waals surface area contributed by atoms with Crippen LogP contribution in [0.3, 0.4) is 0 Å². The van der Waals surface area contributed by atoms with E-state index in [0.29, 0.717) is 29.7 Å². The van der Waals surface area contributed by atoms with Gasteiger partial charge in [-0.25, -0.2) is 4.98 Å². The number of benzene rings is 2. The molecule has 0 saturated heterocycles. The Morgan fingerprint density at radius 1 is 1.15 bits per heavy atom. The molecule has 4 rings (SSSR count). The van der Waals surface area contributed by atoms with Crippen molar-refractivity contribution in [3.05, 3.63) is 52.6 Å². The lowest BCUT2D eigenvalue weighted by Crippen LogP contribution is -2.16. The molecule has 0 spiro atoms. The second kappa shape index (κ2) is 8.14. The Balaban J connectivity index is 1.34. The van der Waals surface area contributed by atoms with Crippen LogP contribution in [-0.4, -0.2) is 34.9 Å². The quantitative estimate of drug-likeness (QED) is 0.433. The van der Waals surface area contributed by atoms with Crippen molar-refractivity contribution >= 4 is 44.7 Å². The van der Waals surface area contributed by atoms with E-state index in [2.05, 4.69) is 25.9 Å². The van der Waals surface area contributed by atoms with Crippen molar-refractivity contribution in [2.45, 2.75) is 11.6 Å². The van der Waals surface area contributed by atoms with Crippen molar-refractivity contribution < 1.29 is 19.0 Å². The van der Waals surface area contributed by atoms with E-state index in [1.54, 1.807) is 6.20 Å². The van der Waals surface area contributed by atoms with Gasteiger partial charge in [0.25, 0.3) is 0 Å². The summed E-state index contributed by atoms with van der Waals surface area (Å²) in [4.78, 5) is 20.9. The van der Waals surface area contributed by atoms with Crippen molar-refractivity contribution in [3.8, 4) is 11.5 Å². The smallest absolute Gasteiger partial charge is 0.316 e. The number of halogens is 1. The number of ether oxygens (including phenoxy) is 3. The number of esters is 1. The third-order valence-corrected chi connectivity index (χ3v) is 5.47. The first kappa shape index (κ1) is 18.1. The highest BCUT2D eigenvalue weighted by Gasteiger charge is 2.16. The van der Waals surface area contributed by atoms with E-state index in [-0.39, 0.29) is 18.3 Å². The Labute approximate surface area is 168 Å². The maximum absolute atomic E-state index is 12.1. The summed E-state index contributed by atoms with van der Waals surface area (Å²) in [6.07, 6.45) is 1.66. The van der Waals surface area contributed by atoms with Crippen LogP contribution < -0.4 is 9.47 Å². The number of para-hydroxylation sites is 2. The van der Waals surface area contributed by atoms with E-state index >= 15 is 0 Å². The molecule has 3 aromatic rings. The number of carbonyl (C=O) groups excluding carboxylic acids is 1. The number of fused-ring (bicyclic) bond motifs is 2. The Morgan fingerprint density at radius 3 is 2.70 bits per heavy atom. The first-order chi connectivity index (χ1) is 13.2. The molecule has 0 fully saturated rings. The molecule has 0 unspecified atom stereocenters. The van der Waals surface area contributed by atoms with Gasteiger partial charge in [0, 0.05) is 10.0 Å². The molecule has 1 aromatic heterocycles. The van der Waals surface area contributed by atoms with Crippen LogP contribution >= 0.6 is 27.7 Å². The topological polar surface area (TPSA) is 70.5 Å². The van der Waals surface area contributed by atoms with Gasteiger partial charge in [-0.3, -0.25) is 9.78 Å². The van der Waals surface area contributed by atoms with E-state index in [9.17, 15) is 4.79 Å². The number of thioether (sulfide) groups is 1. The number of hydrogen-bond acceptors (Lipinski definition) is 7. The number of carbonyl (C=O) groups is 1. The summed E-state index contributed by atoms with van der Waals surface area (Å²) in [6.45, 7) is 1.19. The first-order valence-corrected chi connectivity index (χ1v) is 10.0. The van der Waals surface area contributed by atoms with E-state index in [0.717, 1.165) is 21.1 Å². The summed E-state index contributed by atoms with van der Waals surface area (Å²) >= 11 is 4.77. The molecule has 138 valence electrons. The predicted molar refractivity (Wildman–Crippen MR) is 105 cm³/mol. The molecule has 2 aromatic carbocycles. The van der Waals surface area contributed by atoms with Crippen LogP contribution in [0.2, 0.25) is 0 Å². The van der Waals surface area contributed by atoms with Gasteiger partial charge in [-0.1, -0.05) is 39.8 Å². The summed E-state index contributed by atoms with van der Waals surface area (Å²) in [6, 6.07) is 11.3. The van der Waals surface area contributed by atoms with E-state index in [4.69, 9.17) is 14.2 Å². The molecule has 1 aliphatic heterocycles. The SMILES string of the molecule is O=C(CSc1cnc2ccccc2n1)OCc1cc2c(cc1Br)OCCO2. The average Bonchev–Trinajstić information content (AvgIpc) is 2.70. The average molecular weight is 447 g/mol. The number of aromatic nitrogens is 2. The lowest BCUT2D eigenvalue weighted by atomic mass is 10.2. The number of hydrogen-bond donors (Lipinski definition) is 0. The van der Waals surface area contributed by atoms with Gasteiger partial charge in [-0.05, 0) is 24.3 Å². The van der Waals surface area contributed by atoms with Gasteiger partial charge in [0.15, 0.2) is 11.5 Å². The van der Waals surface area contributed by atoms with Gasteiger partial charge in [0.1, 0.15) is 24.8 Å². The zero-order valence-corrected chi connectivity index (χ0v) is 16.6. The van der Waals surface area contributed by atoms with Crippen molar-refractivity contribution in [1.82, 2.24) is 9.97 Å². The summed E-state index contributed by atoms with van der Waals surface area (Å²) < 4.78 is 17.3. The fourth-order valence-electron chi connectivity index (χ4n) is 2.56. The molecular formula is C19H15BrN2O4S. The van der Waals surface area contributed by atoms with Crippen molar-refractivity contribution in [1.29, 1.82) is 0 Å². The minimum Gasteiger partial charge on any atom is -0.486 e. The fraction of sp³-hybridized carbons (Fsp3) is 0.211. The Morgan fingerprint density at radius 2 is 1.89 bits per heavy atom. The molecule has 0 saturated carbocycles. The van der Waals surface area contributed by atoms with Gasteiger partial charge in [-0.2, -0.15) is 0 Å². The monoisotopic (exact) mass is 446 g/mol. The largest absolute Gasteiger partial charge is 0.486 e. The minimum atomic E-state index is -0.322. The van der Waals surface area contributed by atoms with Gasteiger partial charge in [0.05, 0.1) is 23.0 Å². The molecule has 0 amide bonds. The highest BCUT2D eigenvalue weighted by atomic mass is 79.9. The molecule has 0 aliphatic carbocycles. The molecule has 8 heteroatoms. The highest BCUT2D eigenvalue weighted by Crippen LogP contribution is 2.35. The van der Waals surface area contributed by atoms with Crippen LogP contribution in [0.25, 0.3) is 11.0 Å². The molecule has 6 nitrogen and oxygen atoms in total. The lowest BCUT2D eigenvalue weighted by molar-refractivity contribution is -0.141. The molecule has 0 atom stereocenters. The molecule has 0 N–H and O–H groups in total. The molecule has 2 heterocycles. The van der Waals surface area contributed by atoms with Crippen LogP contribution in [0.4, 0.5) is 0 Å². The molecule has 27 heavy (non-hydrogen) atoms. The van der Waals surface area contributed by atoms with Crippen LogP contribution in [-0.2, 0) is 16.1 Å². The van der Waals surface area contributed by atoms with Crippen molar-refractivity contribution in [3.63, 3.8) is 0 Å². The maximum atomic E-state index is 12.1. The van der Waals surface area contributed by atoms with Gasteiger partial charge in [-0.15, -0.1) is 0 Å². The summed E-state index contributed by atoms with van der Waals surface area (Å²) in [5.41, 5.74) is 2.45. The fourth-order valence-corrected chi connectivity index (χ4v) is 3.64. The second-order valence-electron chi connectivity index (χ2n) is 5.73. The van der Waals surface area contributed by atoms with Crippen LogP contribution in [0.1, 0.15) is 5.56 Å². The van der Waals surface area contributed by atoms with E-state index < -0.39 is 0 Å². The molecule has 0 bridgehead atoms. The molecule has 1 aliphatic rings. The van der Waals surface area contributed by atoms with Crippen LogP contribution in [0, 0.1) is 0 Å². The van der Waals surface area contributed by atoms with Crippen LogP contribution in [0.15, 0.2) is 52.1 Å². The summed E-state index contributed by atoms with van der Waals surface area (Å²) in [5, 5.41) is 0.686. The summed E-state index contributed by atoms with van der Waals surface area (Å²) in [7, 11) is 0. The highest BCUT2D eigenvalue weighted by molar-refractivity contribution is 9.10. The zero-order chi connectivity index (χ0) is 18.6. The maximum Gasteiger partial charge on any atom is 0.316 e. The van der Waals surface area contributed by atoms with Crippen molar-refractivity contribution in [2.24, 2.45) is 0 Å². The second-order valence-corrected chi connectivity index (χ2v) is 7.58. The number of nitrogens with zero attached hydrogens (tertiary/aromatic N) is 2. The van der Waals surface area contributed by atoms with Gasteiger partial charge in [0.2, 0.25) is 0 Å². The minimum absolute atomic E-state index is 0.153. The zero-order valence-electron chi connectivity index (χ0n) is 14.2. The summed E-state index contributed by atoms with van der Waals surface area (Å²) in [5.74, 6) is 1.19. The number of rotatable bonds is 5.